The summed E-state index contributed by atoms with van der Waals surface area (Å²) < 4.78 is 49.3. The monoisotopic (exact) mass is 477 g/mol. The van der Waals surface area contributed by atoms with Crippen LogP contribution in [0, 0.1) is 10.1 Å². The van der Waals surface area contributed by atoms with E-state index < -0.39 is 28.2 Å². The minimum Gasteiger partial charge on any atom is -0.493 e. The molecular formula is C22H18F3N3O6. The van der Waals surface area contributed by atoms with Gasteiger partial charge in [0.1, 0.15) is 5.56 Å². The highest BCUT2D eigenvalue weighted by molar-refractivity contribution is 5.98. The number of anilines is 1. The van der Waals surface area contributed by atoms with E-state index in [0.717, 1.165) is 18.2 Å². The second-order valence-corrected chi connectivity index (χ2v) is 7.60. The number of rotatable bonds is 4. The van der Waals surface area contributed by atoms with Crippen LogP contribution in [0.4, 0.5) is 24.5 Å². The van der Waals surface area contributed by atoms with E-state index in [9.17, 15) is 32.9 Å². The smallest absolute Gasteiger partial charge is 0.416 e. The van der Waals surface area contributed by atoms with Gasteiger partial charge >= 0.3 is 11.8 Å². The lowest BCUT2D eigenvalue weighted by atomic mass is 10.1. The van der Waals surface area contributed by atoms with Gasteiger partial charge in [0.25, 0.3) is 11.6 Å². The summed E-state index contributed by atoms with van der Waals surface area (Å²) in [6.45, 7) is 0.826. The van der Waals surface area contributed by atoms with Crippen molar-refractivity contribution in [2.24, 2.45) is 0 Å². The number of piperazine rings is 1. The molecule has 0 spiro atoms. The number of nitro benzene ring substituents is 1. The van der Waals surface area contributed by atoms with Crippen LogP contribution in [-0.2, 0) is 6.18 Å². The Morgan fingerprint density at radius 3 is 2.44 bits per heavy atom. The van der Waals surface area contributed by atoms with Gasteiger partial charge in [0.15, 0.2) is 11.3 Å². The molecule has 0 atom stereocenters. The van der Waals surface area contributed by atoms with E-state index >= 15 is 0 Å². The van der Waals surface area contributed by atoms with Crippen molar-refractivity contribution in [1.82, 2.24) is 4.90 Å². The highest BCUT2D eigenvalue weighted by Crippen LogP contribution is 2.33. The topological polar surface area (TPSA) is 106 Å². The first-order chi connectivity index (χ1) is 16.1. The number of fused-ring (bicyclic) bond motifs is 1. The number of benzene rings is 2. The summed E-state index contributed by atoms with van der Waals surface area (Å²) in [4.78, 5) is 39.2. The molecule has 4 rings (SSSR count). The highest BCUT2D eigenvalue weighted by Gasteiger charge is 2.31. The number of carbonyl (C=O) groups excluding carboxylic acids is 1. The summed E-state index contributed by atoms with van der Waals surface area (Å²) in [5, 5.41) is 11.3. The number of nitrogens with zero attached hydrogens (tertiary/aromatic N) is 3. The highest BCUT2D eigenvalue weighted by atomic mass is 19.4. The Hall–Kier alpha value is -4.09. The van der Waals surface area contributed by atoms with E-state index in [0.29, 0.717) is 5.69 Å². The number of alkyl halides is 3. The van der Waals surface area contributed by atoms with Crippen molar-refractivity contribution in [2.75, 3.05) is 38.2 Å². The zero-order chi connectivity index (χ0) is 24.6. The van der Waals surface area contributed by atoms with Crippen molar-refractivity contribution in [3.63, 3.8) is 0 Å². The first kappa shape index (κ1) is 23.1. The molecule has 2 heterocycles. The molecule has 178 valence electrons. The minimum atomic E-state index is -4.46. The molecule has 1 aromatic heterocycles. The van der Waals surface area contributed by atoms with Gasteiger partial charge in [0.05, 0.1) is 23.7 Å². The quantitative estimate of drug-likeness (QED) is 0.321. The van der Waals surface area contributed by atoms with Crippen LogP contribution in [0.5, 0.6) is 5.75 Å². The molecule has 0 unspecified atom stereocenters. The van der Waals surface area contributed by atoms with Gasteiger partial charge in [0, 0.05) is 43.3 Å². The Morgan fingerprint density at radius 1 is 1.12 bits per heavy atom. The molecule has 1 amide bonds. The number of ether oxygens (including phenoxy) is 1. The summed E-state index contributed by atoms with van der Waals surface area (Å²) in [5.74, 6) is -0.653. The lowest BCUT2D eigenvalue weighted by Crippen LogP contribution is -2.49. The number of hydrogen-bond acceptors (Lipinski definition) is 7. The molecule has 3 aromatic rings. The van der Waals surface area contributed by atoms with E-state index in [-0.39, 0.29) is 54.1 Å². The molecule has 1 aliphatic heterocycles. The molecule has 12 heteroatoms. The van der Waals surface area contributed by atoms with Gasteiger partial charge in [-0.25, -0.2) is 4.79 Å². The van der Waals surface area contributed by atoms with Crippen molar-refractivity contribution in [2.45, 2.75) is 6.18 Å². The maximum Gasteiger partial charge on any atom is 0.416 e. The fourth-order valence-corrected chi connectivity index (χ4v) is 3.81. The fraction of sp³-hybridized carbons (Fsp3) is 0.273. The van der Waals surface area contributed by atoms with Crippen molar-refractivity contribution in [3.05, 3.63) is 74.1 Å². The zero-order valence-corrected chi connectivity index (χ0v) is 17.8. The number of methoxy groups -OCH3 is 1. The van der Waals surface area contributed by atoms with Crippen molar-refractivity contribution in [3.8, 4) is 5.75 Å². The van der Waals surface area contributed by atoms with Crippen LogP contribution >= 0.6 is 0 Å². The van der Waals surface area contributed by atoms with Gasteiger partial charge in [-0.2, -0.15) is 13.2 Å². The Morgan fingerprint density at radius 2 is 1.82 bits per heavy atom. The molecule has 1 saturated heterocycles. The molecule has 34 heavy (non-hydrogen) atoms. The van der Waals surface area contributed by atoms with Gasteiger partial charge in [-0.15, -0.1) is 0 Å². The van der Waals surface area contributed by atoms with Crippen LogP contribution in [0.15, 0.2) is 51.7 Å². The number of non-ortho nitro benzene ring substituents is 1. The maximum absolute atomic E-state index is 13.0. The Bertz CT molecular complexity index is 1330. The molecule has 1 aliphatic rings. The van der Waals surface area contributed by atoms with Gasteiger partial charge in [-0.3, -0.25) is 14.9 Å². The van der Waals surface area contributed by atoms with E-state index in [1.165, 1.54) is 30.2 Å². The summed E-state index contributed by atoms with van der Waals surface area (Å²) in [6.07, 6.45) is -4.46. The molecule has 2 aromatic carbocycles. The van der Waals surface area contributed by atoms with Crippen LogP contribution in [0.25, 0.3) is 11.0 Å². The second kappa shape index (κ2) is 8.69. The lowest BCUT2D eigenvalue weighted by molar-refractivity contribution is -0.384. The largest absolute Gasteiger partial charge is 0.493 e. The molecule has 1 fully saturated rings. The summed E-state index contributed by atoms with van der Waals surface area (Å²) in [6, 6.07) is 8.42. The molecule has 9 nitrogen and oxygen atoms in total. The Balaban J connectivity index is 1.56. The third kappa shape index (κ3) is 4.38. The second-order valence-electron chi connectivity index (χ2n) is 7.60. The lowest BCUT2D eigenvalue weighted by Gasteiger charge is -2.36. The molecule has 0 aliphatic carbocycles. The molecule has 0 N–H and O–H groups in total. The standard InChI is InChI=1S/C22H18F3N3O6/c1-33-18-12-16(28(31)32)9-13-10-17(21(30)34-19(13)18)20(29)27-7-5-26(6-8-27)15-4-2-3-14(11-15)22(23,24)25/h2-4,9-12H,5-8H2,1H3. The van der Waals surface area contributed by atoms with Gasteiger partial charge in [-0.1, -0.05) is 6.07 Å². The summed E-state index contributed by atoms with van der Waals surface area (Å²) in [5.41, 5.74) is -1.93. The number of halogens is 3. The first-order valence-corrected chi connectivity index (χ1v) is 10.1. The van der Waals surface area contributed by atoms with Gasteiger partial charge < -0.3 is 19.0 Å². The van der Waals surface area contributed by atoms with Gasteiger partial charge in [-0.05, 0) is 24.3 Å². The molecule has 0 saturated carbocycles. The van der Waals surface area contributed by atoms with Crippen LogP contribution in [0.2, 0.25) is 0 Å². The normalized spacial score (nSPS) is 14.4. The third-order valence-electron chi connectivity index (χ3n) is 5.55. The average molecular weight is 477 g/mol. The van der Waals surface area contributed by atoms with Crippen LogP contribution < -0.4 is 15.3 Å². The maximum atomic E-state index is 13.0. The summed E-state index contributed by atoms with van der Waals surface area (Å²) in [7, 11) is 1.27. The van der Waals surface area contributed by atoms with E-state index in [4.69, 9.17) is 9.15 Å². The van der Waals surface area contributed by atoms with Crippen LogP contribution in [0.3, 0.4) is 0 Å². The van der Waals surface area contributed by atoms with Crippen molar-refractivity contribution < 1.29 is 32.0 Å². The van der Waals surface area contributed by atoms with Crippen LogP contribution in [0.1, 0.15) is 15.9 Å². The van der Waals surface area contributed by atoms with Crippen molar-refractivity contribution >= 4 is 28.3 Å². The molecule has 0 bridgehead atoms. The van der Waals surface area contributed by atoms with E-state index in [2.05, 4.69) is 0 Å². The van der Waals surface area contributed by atoms with E-state index in [1.807, 2.05) is 0 Å². The van der Waals surface area contributed by atoms with E-state index in [1.54, 1.807) is 11.0 Å². The number of hydrogen-bond donors (Lipinski definition) is 0. The number of amides is 1. The number of nitro groups is 1. The first-order valence-electron chi connectivity index (χ1n) is 10.1. The molecule has 0 radical (unpaired) electrons. The van der Waals surface area contributed by atoms with Gasteiger partial charge in [0.2, 0.25) is 0 Å². The predicted octanol–water partition coefficient (Wildman–Crippen LogP) is 3.69. The average Bonchev–Trinajstić information content (AvgIpc) is 2.82. The predicted molar refractivity (Wildman–Crippen MR) is 115 cm³/mol. The minimum absolute atomic E-state index is 0.0185. The summed E-state index contributed by atoms with van der Waals surface area (Å²) >= 11 is 0. The van der Waals surface area contributed by atoms with Crippen molar-refractivity contribution in [1.29, 1.82) is 0 Å². The van der Waals surface area contributed by atoms with Crippen LogP contribution in [-0.4, -0.2) is 49.0 Å². The third-order valence-corrected chi connectivity index (χ3v) is 5.55. The Labute approximate surface area is 190 Å². The zero-order valence-electron chi connectivity index (χ0n) is 17.8. The number of carbonyl (C=O) groups is 1. The SMILES string of the molecule is COc1cc([N+](=O)[O-])cc2cc(C(=O)N3CCN(c4cccc(C(F)(F)F)c4)CC3)c(=O)oc12. The fourth-order valence-electron chi connectivity index (χ4n) is 3.81. The Kier molecular flexibility index (Phi) is 5.90. The molecular weight excluding hydrogens is 459 g/mol.